The maximum Gasteiger partial charge on any atom is 0.266 e. The second-order valence-electron chi connectivity index (χ2n) is 11.5. The zero-order chi connectivity index (χ0) is 27.3. The predicted molar refractivity (Wildman–Crippen MR) is 153 cm³/mol. The van der Waals surface area contributed by atoms with Crippen LogP contribution >= 0.6 is 0 Å². The number of carbonyl (C=O) groups excluding carboxylic acids is 2. The Kier molecular flexibility index (Phi) is 8.98. The van der Waals surface area contributed by atoms with Gasteiger partial charge in [0.15, 0.2) is 5.60 Å². The van der Waals surface area contributed by atoms with Crippen molar-refractivity contribution in [2.24, 2.45) is 5.92 Å². The van der Waals surface area contributed by atoms with Gasteiger partial charge in [0.2, 0.25) is 5.91 Å². The molecular weight excluding hydrogens is 476 g/mol. The molecule has 38 heavy (non-hydrogen) atoms. The van der Waals surface area contributed by atoms with Gasteiger partial charge in [-0.3, -0.25) is 9.59 Å². The summed E-state index contributed by atoms with van der Waals surface area (Å²) in [5.74, 6) is 1.33. The second kappa shape index (κ2) is 12.2. The van der Waals surface area contributed by atoms with Crippen LogP contribution in [0.1, 0.15) is 57.6 Å². The molecule has 206 valence electrons. The van der Waals surface area contributed by atoms with Crippen LogP contribution in [0.2, 0.25) is 0 Å². The molecule has 0 spiro atoms. The minimum atomic E-state index is -0.952. The first-order valence-corrected chi connectivity index (χ1v) is 14.0. The highest BCUT2D eigenvalue weighted by Gasteiger charge is 2.35. The molecule has 7 nitrogen and oxygen atoms in total. The van der Waals surface area contributed by atoms with Gasteiger partial charge in [0.05, 0.1) is 5.92 Å². The predicted octanol–water partition coefficient (Wildman–Crippen LogP) is 4.27. The van der Waals surface area contributed by atoms with Crippen LogP contribution in [-0.4, -0.2) is 73.5 Å². The van der Waals surface area contributed by atoms with Crippen LogP contribution < -0.4 is 15.0 Å². The first-order chi connectivity index (χ1) is 18.1. The summed E-state index contributed by atoms with van der Waals surface area (Å²) in [7, 11) is 1.91. The number of hydrogen-bond donors (Lipinski definition) is 1. The minimum Gasteiger partial charge on any atom is -0.478 e. The maximum absolute atomic E-state index is 13.4. The van der Waals surface area contributed by atoms with Gasteiger partial charge in [-0.25, -0.2) is 0 Å². The number of ether oxygens (including phenoxy) is 1. The summed E-state index contributed by atoms with van der Waals surface area (Å²) in [4.78, 5) is 32.5. The molecule has 0 radical (unpaired) electrons. The van der Waals surface area contributed by atoms with E-state index in [-0.39, 0.29) is 17.7 Å². The van der Waals surface area contributed by atoms with Crippen molar-refractivity contribution in [3.63, 3.8) is 0 Å². The zero-order valence-electron chi connectivity index (χ0n) is 23.7. The zero-order valence-corrected chi connectivity index (χ0v) is 23.7. The highest BCUT2D eigenvalue weighted by atomic mass is 16.5. The lowest BCUT2D eigenvalue weighted by atomic mass is 9.95. The number of nitrogens with one attached hydrogen (secondary N) is 1. The normalized spacial score (nSPS) is 18.4. The van der Waals surface area contributed by atoms with Crippen molar-refractivity contribution < 1.29 is 14.3 Å². The lowest BCUT2D eigenvalue weighted by Crippen LogP contribution is -2.54. The summed E-state index contributed by atoms with van der Waals surface area (Å²) in [6.45, 7) is 13.3. The van der Waals surface area contributed by atoms with E-state index < -0.39 is 5.60 Å². The molecule has 2 fully saturated rings. The molecule has 1 atom stereocenters. The molecule has 0 aliphatic carbocycles. The summed E-state index contributed by atoms with van der Waals surface area (Å²) >= 11 is 0. The lowest BCUT2D eigenvalue weighted by molar-refractivity contribution is -0.146. The molecule has 1 N–H and O–H groups in total. The summed E-state index contributed by atoms with van der Waals surface area (Å²) < 4.78 is 6.24. The van der Waals surface area contributed by atoms with E-state index in [1.807, 2.05) is 48.9 Å². The summed E-state index contributed by atoms with van der Waals surface area (Å²) in [5, 5.41) is 3.28. The molecular formula is C31H44N4O3. The fourth-order valence-corrected chi connectivity index (χ4v) is 5.42. The van der Waals surface area contributed by atoms with Gasteiger partial charge in [-0.15, -0.1) is 0 Å². The number of amides is 2. The molecule has 4 rings (SSSR count). The molecule has 2 heterocycles. The Hall–Kier alpha value is -3.06. The highest BCUT2D eigenvalue weighted by Crippen LogP contribution is 2.29. The summed E-state index contributed by atoms with van der Waals surface area (Å²) in [6, 6.07) is 16.5. The Labute approximate surface area is 228 Å². The van der Waals surface area contributed by atoms with Crippen LogP contribution in [0.4, 0.5) is 5.69 Å². The molecule has 0 aromatic heterocycles. The van der Waals surface area contributed by atoms with Gasteiger partial charge < -0.3 is 24.8 Å². The Morgan fingerprint density at radius 2 is 1.79 bits per heavy atom. The number of rotatable bonds is 8. The standard InChI is InChI=1S/C31H44N4O3/c1-23(2)25-13-11-24(12-14-25)21-33(5)29(36)26-8-7-17-35(22-26)27-9-6-10-28(20-27)38-31(3,4)30(37)34-18-15-32-16-19-34/h6,9-14,20,23,26,32H,7-8,15-19,21-22H2,1-5H3/t26-/m1/s1. The van der Waals surface area contributed by atoms with E-state index in [4.69, 9.17) is 4.74 Å². The van der Waals surface area contributed by atoms with Gasteiger partial charge in [-0.2, -0.15) is 0 Å². The van der Waals surface area contributed by atoms with Crippen molar-refractivity contribution in [3.05, 3.63) is 59.7 Å². The smallest absolute Gasteiger partial charge is 0.266 e. The van der Waals surface area contributed by atoms with Crippen LogP contribution in [0, 0.1) is 5.92 Å². The first kappa shape index (κ1) is 28.0. The van der Waals surface area contributed by atoms with E-state index in [1.165, 1.54) is 5.56 Å². The Balaban J connectivity index is 1.37. The van der Waals surface area contributed by atoms with E-state index in [9.17, 15) is 9.59 Å². The third-order valence-corrected chi connectivity index (χ3v) is 7.69. The van der Waals surface area contributed by atoms with Gasteiger partial charge in [0, 0.05) is 64.6 Å². The van der Waals surface area contributed by atoms with Gasteiger partial charge in [0.25, 0.3) is 5.91 Å². The van der Waals surface area contributed by atoms with E-state index in [0.717, 1.165) is 43.7 Å². The van der Waals surface area contributed by atoms with Crippen LogP contribution in [0.15, 0.2) is 48.5 Å². The quantitative estimate of drug-likeness (QED) is 0.563. The Bertz CT molecular complexity index is 1090. The van der Waals surface area contributed by atoms with Crippen molar-refractivity contribution >= 4 is 17.5 Å². The molecule has 2 aliphatic rings. The van der Waals surface area contributed by atoms with Crippen LogP contribution in [0.3, 0.4) is 0 Å². The monoisotopic (exact) mass is 520 g/mol. The van der Waals surface area contributed by atoms with E-state index in [1.54, 1.807) is 0 Å². The molecule has 2 aliphatic heterocycles. The van der Waals surface area contributed by atoms with Gasteiger partial charge in [-0.1, -0.05) is 44.2 Å². The number of piperazine rings is 1. The molecule has 2 aromatic carbocycles. The number of nitrogens with zero attached hydrogens (tertiary/aromatic N) is 3. The average molecular weight is 521 g/mol. The molecule has 2 aromatic rings. The topological polar surface area (TPSA) is 65.1 Å². The molecule has 2 amide bonds. The minimum absolute atomic E-state index is 0.00918. The fourth-order valence-electron chi connectivity index (χ4n) is 5.42. The summed E-state index contributed by atoms with van der Waals surface area (Å²) in [6.07, 6.45) is 1.86. The largest absolute Gasteiger partial charge is 0.478 e. The van der Waals surface area contributed by atoms with Gasteiger partial charge in [0.1, 0.15) is 5.75 Å². The Morgan fingerprint density at radius 1 is 1.08 bits per heavy atom. The van der Waals surface area contributed by atoms with Gasteiger partial charge in [-0.05, 0) is 55.9 Å². The van der Waals surface area contributed by atoms with Crippen molar-refractivity contribution in [1.82, 2.24) is 15.1 Å². The lowest BCUT2D eigenvalue weighted by Gasteiger charge is -2.36. The van der Waals surface area contributed by atoms with Crippen LogP contribution in [0.5, 0.6) is 5.75 Å². The first-order valence-electron chi connectivity index (χ1n) is 14.0. The van der Waals surface area contributed by atoms with E-state index >= 15 is 0 Å². The van der Waals surface area contributed by atoms with E-state index in [0.29, 0.717) is 37.8 Å². The fraction of sp³-hybridized carbons (Fsp3) is 0.548. The van der Waals surface area contributed by atoms with E-state index in [2.05, 4.69) is 54.4 Å². The SMILES string of the molecule is CC(C)c1ccc(CN(C)C(=O)[C@@H]2CCCN(c3cccc(OC(C)(C)C(=O)N4CCNCC4)c3)C2)cc1. The third-order valence-electron chi connectivity index (χ3n) is 7.69. The number of benzene rings is 2. The number of carbonyl (C=O) groups is 2. The summed E-state index contributed by atoms with van der Waals surface area (Å²) in [5.41, 5.74) is 2.54. The molecule has 2 saturated heterocycles. The van der Waals surface area contributed by atoms with Crippen molar-refractivity contribution in [2.75, 3.05) is 51.2 Å². The van der Waals surface area contributed by atoms with Crippen molar-refractivity contribution in [2.45, 2.75) is 58.6 Å². The molecule has 0 saturated carbocycles. The van der Waals surface area contributed by atoms with Crippen LogP contribution in [-0.2, 0) is 16.1 Å². The number of piperidine rings is 1. The van der Waals surface area contributed by atoms with Gasteiger partial charge >= 0.3 is 0 Å². The molecule has 0 unspecified atom stereocenters. The average Bonchev–Trinajstić information content (AvgIpc) is 2.93. The second-order valence-corrected chi connectivity index (χ2v) is 11.5. The molecule has 7 heteroatoms. The van der Waals surface area contributed by atoms with Crippen LogP contribution in [0.25, 0.3) is 0 Å². The van der Waals surface area contributed by atoms with Crippen molar-refractivity contribution in [3.8, 4) is 5.75 Å². The third kappa shape index (κ3) is 6.87. The number of hydrogen-bond acceptors (Lipinski definition) is 5. The maximum atomic E-state index is 13.4. The Morgan fingerprint density at radius 3 is 2.47 bits per heavy atom. The highest BCUT2D eigenvalue weighted by molar-refractivity contribution is 5.85. The molecule has 0 bridgehead atoms. The van der Waals surface area contributed by atoms with Crippen molar-refractivity contribution in [1.29, 1.82) is 0 Å². The number of anilines is 1.